The molecule has 5 nitrogen and oxygen atoms in total. The summed E-state index contributed by atoms with van der Waals surface area (Å²) in [5, 5.41) is 12.1. The number of ether oxygens (including phenoxy) is 1. The van der Waals surface area contributed by atoms with Crippen molar-refractivity contribution < 1.29 is 19.4 Å². The summed E-state index contributed by atoms with van der Waals surface area (Å²) in [6, 6.07) is 4.65. The quantitative estimate of drug-likeness (QED) is 0.896. The third kappa shape index (κ3) is 2.61. The fourth-order valence-corrected chi connectivity index (χ4v) is 3.00. The SMILES string of the molecule is COC1(C)CC(NC(=O)c2cc(C)cc(C(=O)O)c2)C1(C)C. The van der Waals surface area contributed by atoms with Gasteiger partial charge in [0, 0.05) is 24.1 Å². The first kappa shape index (κ1) is 16.5. The molecule has 1 amide bonds. The van der Waals surface area contributed by atoms with Crippen LogP contribution in [-0.4, -0.2) is 35.7 Å². The van der Waals surface area contributed by atoms with Crippen molar-refractivity contribution in [3.8, 4) is 0 Å². The maximum atomic E-state index is 12.4. The normalized spacial score (nSPS) is 26.1. The highest BCUT2D eigenvalue weighted by Crippen LogP contribution is 2.51. The van der Waals surface area contributed by atoms with E-state index in [0.717, 1.165) is 12.0 Å². The van der Waals surface area contributed by atoms with Crippen LogP contribution in [0, 0.1) is 12.3 Å². The van der Waals surface area contributed by atoms with Crippen molar-refractivity contribution in [1.29, 1.82) is 0 Å². The number of nitrogens with one attached hydrogen (secondary N) is 1. The molecule has 2 rings (SSSR count). The minimum Gasteiger partial charge on any atom is -0.478 e. The Kier molecular flexibility index (Phi) is 4.04. The maximum Gasteiger partial charge on any atom is 0.335 e. The Balaban J connectivity index is 2.16. The van der Waals surface area contributed by atoms with Crippen molar-refractivity contribution in [2.45, 2.75) is 45.8 Å². The number of aromatic carboxylic acids is 1. The number of carbonyl (C=O) groups is 2. The number of carbonyl (C=O) groups excluding carboxylic acids is 1. The zero-order chi connectivity index (χ0) is 16.7. The molecular formula is C17H23NO4. The van der Waals surface area contributed by atoms with E-state index < -0.39 is 5.97 Å². The lowest BCUT2D eigenvalue weighted by Gasteiger charge is -2.59. The summed E-state index contributed by atoms with van der Waals surface area (Å²) in [6.45, 7) is 7.93. The first-order valence-electron chi connectivity index (χ1n) is 7.32. The van der Waals surface area contributed by atoms with Crippen molar-refractivity contribution in [3.05, 3.63) is 34.9 Å². The zero-order valence-corrected chi connectivity index (χ0v) is 13.7. The molecule has 0 heterocycles. The van der Waals surface area contributed by atoms with E-state index in [4.69, 9.17) is 9.84 Å². The molecule has 1 aliphatic rings. The fourth-order valence-electron chi connectivity index (χ4n) is 3.00. The number of benzene rings is 1. The number of carboxylic acid groups (broad SMARTS) is 1. The lowest BCUT2D eigenvalue weighted by atomic mass is 9.56. The Morgan fingerprint density at radius 3 is 2.32 bits per heavy atom. The Labute approximate surface area is 130 Å². The molecule has 0 saturated heterocycles. The van der Waals surface area contributed by atoms with Gasteiger partial charge in [0.1, 0.15) is 0 Å². The molecule has 0 aromatic heterocycles. The van der Waals surface area contributed by atoms with Crippen molar-refractivity contribution in [3.63, 3.8) is 0 Å². The molecule has 1 fully saturated rings. The van der Waals surface area contributed by atoms with Crippen molar-refractivity contribution in [1.82, 2.24) is 5.32 Å². The molecule has 1 saturated carbocycles. The molecule has 120 valence electrons. The van der Waals surface area contributed by atoms with E-state index >= 15 is 0 Å². The van der Waals surface area contributed by atoms with E-state index in [1.807, 2.05) is 6.92 Å². The van der Waals surface area contributed by atoms with Crippen LogP contribution in [0.3, 0.4) is 0 Å². The van der Waals surface area contributed by atoms with E-state index in [1.165, 1.54) is 6.07 Å². The van der Waals surface area contributed by atoms with Gasteiger partial charge in [0.2, 0.25) is 0 Å². The highest BCUT2D eigenvalue weighted by molar-refractivity contribution is 5.98. The molecule has 2 unspecified atom stereocenters. The Hall–Kier alpha value is -1.88. The fraction of sp³-hybridized carbons (Fsp3) is 0.529. The number of amides is 1. The highest BCUT2D eigenvalue weighted by atomic mass is 16.5. The van der Waals surface area contributed by atoms with Gasteiger partial charge in [0.05, 0.1) is 11.2 Å². The van der Waals surface area contributed by atoms with Crippen LogP contribution >= 0.6 is 0 Å². The third-order valence-corrected chi connectivity index (χ3v) is 5.17. The molecule has 0 radical (unpaired) electrons. The van der Waals surface area contributed by atoms with Gasteiger partial charge in [-0.2, -0.15) is 0 Å². The predicted octanol–water partition coefficient (Wildman–Crippen LogP) is 2.63. The molecule has 1 aliphatic carbocycles. The molecular weight excluding hydrogens is 282 g/mol. The Morgan fingerprint density at radius 2 is 1.82 bits per heavy atom. The minimum atomic E-state index is -1.03. The highest BCUT2D eigenvalue weighted by Gasteiger charge is 2.58. The summed E-state index contributed by atoms with van der Waals surface area (Å²) in [5.74, 6) is -1.28. The van der Waals surface area contributed by atoms with Crippen molar-refractivity contribution >= 4 is 11.9 Å². The van der Waals surface area contributed by atoms with Crippen LogP contribution in [0.5, 0.6) is 0 Å². The van der Waals surface area contributed by atoms with Crippen molar-refractivity contribution in [2.24, 2.45) is 5.41 Å². The molecule has 2 atom stereocenters. The van der Waals surface area contributed by atoms with Gasteiger partial charge in [0.15, 0.2) is 0 Å². The molecule has 1 aromatic carbocycles. The van der Waals surface area contributed by atoms with E-state index in [1.54, 1.807) is 26.2 Å². The third-order valence-electron chi connectivity index (χ3n) is 5.17. The summed E-state index contributed by atoms with van der Waals surface area (Å²) >= 11 is 0. The molecule has 0 spiro atoms. The second-order valence-electron chi connectivity index (χ2n) is 6.78. The second-order valence-corrected chi connectivity index (χ2v) is 6.78. The van der Waals surface area contributed by atoms with Crippen LogP contribution in [0.2, 0.25) is 0 Å². The lowest BCUT2D eigenvalue weighted by Crippen LogP contribution is -2.68. The number of hydrogen-bond donors (Lipinski definition) is 2. The average Bonchev–Trinajstić information content (AvgIpc) is 2.45. The number of methoxy groups -OCH3 is 1. The average molecular weight is 305 g/mol. The van der Waals surface area contributed by atoms with Crippen LogP contribution in [0.4, 0.5) is 0 Å². The summed E-state index contributed by atoms with van der Waals surface area (Å²) in [4.78, 5) is 23.5. The molecule has 0 bridgehead atoms. The van der Waals surface area contributed by atoms with E-state index in [9.17, 15) is 9.59 Å². The van der Waals surface area contributed by atoms with E-state index in [2.05, 4.69) is 19.2 Å². The molecule has 1 aromatic rings. The van der Waals surface area contributed by atoms with Crippen molar-refractivity contribution in [2.75, 3.05) is 7.11 Å². The number of rotatable bonds is 4. The first-order valence-corrected chi connectivity index (χ1v) is 7.32. The monoisotopic (exact) mass is 305 g/mol. The summed E-state index contributed by atoms with van der Waals surface area (Å²) in [6.07, 6.45) is 0.736. The summed E-state index contributed by atoms with van der Waals surface area (Å²) in [7, 11) is 1.68. The molecule has 2 N–H and O–H groups in total. The van der Waals surface area contributed by atoms with Crippen LogP contribution < -0.4 is 5.32 Å². The molecule has 0 aliphatic heterocycles. The van der Waals surface area contributed by atoms with Gasteiger partial charge in [-0.3, -0.25) is 4.79 Å². The molecule has 22 heavy (non-hydrogen) atoms. The van der Waals surface area contributed by atoms with Gasteiger partial charge < -0.3 is 15.2 Å². The maximum absolute atomic E-state index is 12.4. The lowest BCUT2D eigenvalue weighted by molar-refractivity contribution is -0.177. The van der Waals surface area contributed by atoms with Crippen LogP contribution in [0.15, 0.2) is 18.2 Å². The van der Waals surface area contributed by atoms with Gasteiger partial charge in [-0.25, -0.2) is 4.79 Å². The number of aryl methyl sites for hydroxylation is 1. The van der Waals surface area contributed by atoms with E-state index in [-0.39, 0.29) is 28.5 Å². The van der Waals surface area contributed by atoms with Gasteiger partial charge in [-0.05, 0) is 44.0 Å². The predicted molar refractivity (Wildman–Crippen MR) is 83.2 cm³/mol. The molecule has 5 heteroatoms. The topological polar surface area (TPSA) is 75.6 Å². The summed E-state index contributed by atoms with van der Waals surface area (Å²) < 4.78 is 5.55. The van der Waals surface area contributed by atoms with E-state index in [0.29, 0.717) is 5.56 Å². The van der Waals surface area contributed by atoms with Crippen LogP contribution in [0.25, 0.3) is 0 Å². The number of hydrogen-bond acceptors (Lipinski definition) is 3. The minimum absolute atomic E-state index is 0.00117. The number of carboxylic acids is 1. The van der Waals surface area contributed by atoms with Crippen LogP contribution in [-0.2, 0) is 4.74 Å². The standard InChI is InChI=1S/C17H23NO4/c1-10-6-11(8-12(7-10)15(20)21)14(19)18-13-9-17(4,22-5)16(13,2)3/h6-8,13H,9H2,1-5H3,(H,18,19)(H,20,21). The van der Waals surface area contributed by atoms with Gasteiger partial charge in [-0.1, -0.05) is 13.8 Å². The van der Waals surface area contributed by atoms with Gasteiger partial charge >= 0.3 is 5.97 Å². The smallest absolute Gasteiger partial charge is 0.335 e. The van der Waals surface area contributed by atoms with Gasteiger partial charge in [-0.15, -0.1) is 0 Å². The van der Waals surface area contributed by atoms with Crippen LogP contribution in [0.1, 0.15) is 53.5 Å². The Bertz CT molecular complexity index is 623. The Morgan fingerprint density at radius 1 is 1.23 bits per heavy atom. The summed E-state index contributed by atoms with van der Waals surface area (Å²) in [5.41, 5.74) is 0.805. The first-order chi connectivity index (χ1) is 10.1. The van der Waals surface area contributed by atoms with Gasteiger partial charge in [0.25, 0.3) is 5.91 Å². The second kappa shape index (κ2) is 5.39. The largest absolute Gasteiger partial charge is 0.478 e. The zero-order valence-electron chi connectivity index (χ0n) is 13.7.